The number of amides is 1. The first-order valence-corrected chi connectivity index (χ1v) is 6.30. The predicted octanol–water partition coefficient (Wildman–Crippen LogP) is 1.88. The van der Waals surface area contributed by atoms with Crippen molar-refractivity contribution >= 4 is 11.9 Å². The second-order valence-electron chi connectivity index (χ2n) is 4.96. The highest BCUT2D eigenvalue weighted by Gasteiger charge is 2.45. The van der Waals surface area contributed by atoms with Crippen LogP contribution < -0.4 is 5.73 Å². The number of allylic oxidation sites excluding steroid dienone is 1. The molecule has 0 saturated carbocycles. The largest absolute Gasteiger partial charge is 0.369 e. The third-order valence-corrected chi connectivity index (χ3v) is 3.76. The standard InChI is InChI=1S/C15H19N3O/c1-4-8-12-13(19)18(3)14(16)17-15(12,2)11-9-6-5-7-10-11/h4-7,9-10,12H,1,8H2,2-3H3,(H2,16,17)/t12-,15+/m0/s1. The summed E-state index contributed by atoms with van der Waals surface area (Å²) in [6.07, 6.45) is 2.33. The summed E-state index contributed by atoms with van der Waals surface area (Å²) in [6.45, 7) is 5.69. The van der Waals surface area contributed by atoms with E-state index < -0.39 is 5.54 Å². The molecule has 4 heteroatoms. The Balaban J connectivity index is 2.56. The molecule has 1 heterocycles. The van der Waals surface area contributed by atoms with Crippen LogP contribution >= 0.6 is 0 Å². The van der Waals surface area contributed by atoms with E-state index in [0.717, 1.165) is 5.56 Å². The Morgan fingerprint density at radius 3 is 2.68 bits per heavy atom. The first kappa shape index (κ1) is 13.3. The van der Waals surface area contributed by atoms with E-state index in [1.54, 1.807) is 13.1 Å². The van der Waals surface area contributed by atoms with Crippen molar-refractivity contribution in [3.8, 4) is 0 Å². The van der Waals surface area contributed by atoms with Crippen molar-refractivity contribution in [1.29, 1.82) is 0 Å². The summed E-state index contributed by atoms with van der Waals surface area (Å²) in [5.41, 5.74) is 6.23. The molecule has 0 bridgehead atoms. The summed E-state index contributed by atoms with van der Waals surface area (Å²) < 4.78 is 0. The third kappa shape index (κ3) is 2.14. The third-order valence-electron chi connectivity index (χ3n) is 3.76. The lowest BCUT2D eigenvalue weighted by molar-refractivity contribution is -0.133. The zero-order valence-corrected chi connectivity index (χ0v) is 11.3. The van der Waals surface area contributed by atoms with Crippen molar-refractivity contribution < 1.29 is 4.79 Å². The molecule has 0 fully saturated rings. The summed E-state index contributed by atoms with van der Waals surface area (Å²) >= 11 is 0. The molecule has 2 rings (SSSR count). The molecule has 19 heavy (non-hydrogen) atoms. The van der Waals surface area contributed by atoms with Gasteiger partial charge in [0, 0.05) is 7.05 Å². The van der Waals surface area contributed by atoms with Crippen molar-refractivity contribution in [3.63, 3.8) is 0 Å². The highest BCUT2D eigenvalue weighted by atomic mass is 16.2. The van der Waals surface area contributed by atoms with E-state index in [-0.39, 0.29) is 17.8 Å². The molecule has 100 valence electrons. The van der Waals surface area contributed by atoms with Crippen molar-refractivity contribution in [2.24, 2.45) is 16.6 Å². The minimum absolute atomic E-state index is 0.0150. The summed E-state index contributed by atoms with van der Waals surface area (Å²) in [4.78, 5) is 18.4. The lowest BCUT2D eigenvalue weighted by Gasteiger charge is -2.40. The van der Waals surface area contributed by atoms with Gasteiger partial charge < -0.3 is 5.73 Å². The fraction of sp³-hybridized carbons (Fsp3) is 0.333. The van der Waals surface area contributed by atoms with E-state index in [1.165, 1.54) is 4.90 Å². The number of nitrogens with zero attached hydrogens (tertiary/aromatic N) is 2. The molecule has 0 unspecified atom stereocenters. The molecule has 0 aliphatic carbocycles. The smallest absolute Gasteiger partial charge is 0.235 e. The minimum Gasteiger partial charge on any atom is -0.369 e. The summed E-state index contributed by atoms with van der Waals surface area (Å²) in [7, 11) is 1.65. The van der Waals surface area contributed by atoms with Gasteiger partial charge in [-0.1, -0.05) is 36.4 Å². The van der Waals surface area contributed by atoms with Gasteiger partial charge in [0.05, 0.1) is 11.5 Å². The van der Waals surface area contributed by atoms with Crippen LogP contribution in [0.15, 0.2) is 48.0 Å². The monoisotopic (exact) mass is 257 g/mol. The van der Waals surface area contributed by atoms with Gasteiger partial charge in [-0.3, -0.25) is 9.69 Å². The average Bonchev–Trinajstić information content (AvgIpc) is 2.42. The molecular formula is C15H19N3O. The normalized spacial score (nSPS) is 27.1. The Morgan fingerprint density at radius 2 is 2.11 bits per heavy atom. The van der Waals surface area contributed by atoms with Crippen LogP contribution in [-0.2, 0) is 10.3 Å². The molecule has 1 amide bonds. The molecule has 2 atom stereocenters. The molecular weight excluding hydrogens is 238 g/mol. The van der Waals surface area contributed by atoms with Gasteiger partial charge in [-0.2, -0.15) is 0 Å². The van der Waals surface area contributed by atoms with Gasteiger partial charge in [0.2, 0.25) is 5.91 Å². The number of guanidine groups is 1. The van der Waals surface area contributed by atoms with Gasteiger partial charge in [0.25, 0.3) is 0 Å². The molecule has 0 spiro atoms. The maximum absolute atomic E-state index is 12.4. The number of hydrogen-bond acceptors (Lipinski definition) is 3. The topological polar surface area (TPSA) is 58.7 Å². The number of rotatable bonds is 3. The van der Waals surface area contributed by atoms with Crippen LogP contribution in [0.25, 0.3) is 0 Å². The Morgan fingerprint density at radius 1 is 1.47 bits per heavy atom. The highest BCUT2D eigenvalue weighted by Crippen LogP contribution is 2.39. The Bertz CT molecular complexity index is 523. The molecule has 0 aromatic heterocycles. The van der Waals surface area contributed by atoms with Crippen LogP contribution in [0.3, 0.4) is 0 Å². The van der Waals surface area contributed by atoms with Crippen LogP contribution in [0, 0.1) is 5.92 Å². The second kappa shape index (κ2) is 4.88. The molecule has 0 radical (unpaired) electrons. The zero-order valence-electron chi connectivity index (χ0n) is 11.3. The number of nitrogens with two attached hydrogens (primary N) is 1. The van der Waals surface area contributed by atoms with Crippen LogP contribution in [0.4, 0.5) is 0 Å². The maximum Gasteiger partial charge on any atom is 0.235 e. The highest BCUT2D eigenvalue weighted by molar-refractivity contribution is 6.00. The minimum atomic E-state index is -0.636. The van der Waals surface area contributed by atoms with Gasteiger partial charge in [-0.25, -0.2) is 4.99 Å². The molecule has 1 aromatic carbocycles. The Labute approximate surface area is 113 Å². The molecule has 1 aliphatic heterocycles. The van der Waals surface area contributed by atoms with Gasteiger partial charge >= 0.3 is 0 Å². The molecule has 2 N–H and O–H groups in total. The quantitative estimate of drug-likeness (QED) is 0.840. The fourth-order valence-electron chi connectivity index (χ4n) is 2.52. The van der Waals surface area contributed by atoms with Crippen molar-refractivity contribution in [2.75, 3.05) is 7.05 Å². The predicted molar refractivity (Wildman–Crippen MR) is 76.5 cm³/mol. The lowest BCUT2D eigenvalue weighted by atomic mass is 9.76. The van der Waals surface area contributed by atoms with E-state index in [2.05, 4.69) is 11.6 Å². The van der Waals surface area contributed by atoms with Gasteiger partial charge in [0.15, 0.2) is 5.96 Å². The number of hydrogen-bond donors (Lipinski definition) is 1. The number of carbonyl (C=O) groups is 1. The number of carbonyl (C=O) groups excluding carboxylic acids is 1. The van der Waals surface area contributed by atoms with Crippen molar-refractivity contribution in [3.05, 3.63) is 48.6 Å². The first-order valence-electron chi connectivity index (χ1n) is 6.30. The zero-order chi connectivity index (χ0) is 14.0. The Kier molecular flexibility index (Phi) is 3.42. The molecule has 0 saturated heterocycles. The van der Waals surface area contributed by atoms with Crippen LogP contribution in [0.5, 0.6) is 0 Å². The van der Waals surface area contributed by atoms with Gasteiger partial charge in [0.1, 0.15) is 0 Å². The molecule has 4 nitrogen and oxygen atoms in total. The van der Waals surface area contributed by atoms with Gasteiger partial charge in [-0.05, 0) is 18.9 Å². The average molecular weight is 257 g/mol. The molecule has 1 aliphatic rings. The van der Waals surface area contributed by atoms with Crippen LogP contribution in [0.1, 0.15) is 18.9 Å². The van der Waals surface area contributed by atoms with Crippen LogP contribution in [-0.4, -0.2) is 23.8 Å². The first-order chi connectivity index (χ1) is 9.00. The lowest BCUT2D eigenvalue weighted by Crippen LogP contribution is -2.53. The maximum atomic E-state index is 12.4. The SMILES string of the molecule is C=CC[C@H]1C(=O)N(C)C(N)=N[C@]1(C)c1ccccc1. The summed E-state index contributed by atoms with van der Waals surface area (Å²) in [5.74, 6) is -0.0277. The van der Waals surface area contributed by atoms with E-state index in [4.69, 9.17) is 5.73 Å². The van der Waals surface area contributed by atoms with Gasteiger partial charge in [-0.15, -0.1) is 6.58 Å². The van der Waals surface area contributed by atoms with E-state index in [0.29, 0.717) is 6.42 Å². The number of aliphatic imine (C=N–C) groups is 1. The van der Waals surface area contributed by atoms with Crippen molar-refractivity contribution in [2.45, 2.75) is 18.9 Å². The van der Waals surface area contributed by atoms with Crippen molar-refractivity contribution in [1.82, 2.24) is 4.90 Å². The second-order valence-corrected chi connectivity index (χ2v) is 4.96. The van der Waals surface area contributed by atoms with E-state index >= 15 is 0 Å². The Hall–Kier alpha value is -2.10. The summed E-state index contributed by atoms with van der Waals surface area (Å²) in [5, 5.41) is 0. The fourth-order valence-corrected chi connectivity index (χ4v) is 2.52. The van der Waals surface area contributed by atoms with E-state index in [9.17, 15) is 4.79 Å². The number of benzene rings is 1. The molecule has 1 aromatic rings. The van der Waals surface area contributed by atoms with Crippen LogP contribution in [0.2, 0.25) is 0 Å². The summed E-state index contributed by atoms with van der Waals surface area (Å²) in [6, 6.07) is 9.79. The van der Waals surface area contributed by atoms with E-state index in [1.807, 2.05) is 37.3 Å².